The zero-order valence-electron chi connectivity index (χ0n) is 16.6. The summed E-state index contributed by atoms with van der Waals surface area (Å²) in [6.07, 6.45) is 4.97. The van der Waals surface area contributed by atoms with Gasteiger partial charge in [-0.1, -0.05) is 17.7 Å². The molecular weight excluding hydrogens is 427 g/mol. The van der Waals surface area contributed by atoms with E-state index in [0.29, 0.717) is 35.2 Å². The Kier molecular flexibility index (Phi) is 6.08. The van der Waals surface area contributed by atoms with Crippen molar-refractivity contribution in [2.75, 3.05) is 18.0 Å². The summed E-state index contributed by atoms with van der Waals surface area (Å²) in [4.78, 5) is 19.2. The van der Waals surface area contributed by atoms with E-state index in [1.54, 1.807) is 12.1 Å². The van der Waals surface area contributed by atoms with E-state index in [1.165, 1.54) is 23.5 Å². The quantitative estimate of drug-likeness (QED) is 0.596. The number of rotatable bonds is 5. The molecule has 0 radical (unpaired) electrons. The van der Waals surface area contributed by atoms with Crippen LogP contribution in [0.5, 0.6) is 0 Å². The summed E-state index contributed by atoms with van der Waals surface area (Å²) < 4.78 is 22.2. The average Bonchev–Trinajstić information content (AvgIpc) is 3.24. The van der Waals surface area contributed by atoms with E-state index in [9.17, 15) is 9.18 Å². The summed E-state index contributed by atoms with van der Waals surface area (Å²) in [5, 5.41) is 5.01. The Morgan fingerprint density at radius 3 is 2.90 bits per heavy atom. The van der Waals surface area contributed by atoms with Crippen LogP contribution in [0.1, 0.15) is 25.1 Å². The van der Waals surface area contributed by atoms with Crippen LogP contribution in [-0.4, -0.2) is 40.6 Å². The summed E-state index contributed by atoms with van der Waals surface area (Å²) >= 11 is 7.58. The van der Waals surface area contributed by atoms with Crippen molar-refractivity contribution in [1.29, 1.82) is 0 Å². The van der Waals surface area contributed by atoms with Crippen molar-refractivity contribution in [2.24, 2.45) is 0 Å². The SMILES string of the molecule is CC1CN(c2ccc(CNC(=O)C=Cc3c(Cl)nc4sccn34)cc2F)CC(C)O1. The summed E-state index contributed by atoms with van der Waals surface area (Å²) in [5.41, 5.74) is 1.89. The molecule has 30 heavy (non-hydrogen) atoms. The van der Waals surface area contributed by atoms with Crippen LogP contribution >= 0.6 is 22.9 Å². The third-order valence-corrected chi connectivity index (χ3v) is 5.92. The van der Waals surface area contributed by atoms with Crippen molar-refractivity contribution < 1.29 is 13.9 Å². The van der Waals surface area contributed by atoms with E-state index in [0.717, 1.165) is 4.96 Å². The molecule has 158 valence electrons. The standard InChI is InChI=1S/C21H22ClFN4O2S/c1-13-11-26(12-14(2)29-13)17-4-3-15(9-16(17)23)10-24-19(28)6-5-18-20(22)25-21-27(18)7-8-30-21/h3-9,13-14H,10-12H2,1-2H3,(H,24,28). The number of thiazole rings is 1. The molecular formula is C21H22ClFN4O2S. The minimum absolute atomic E-state index is 0.0542. The van der Waals surface area contributed by atoms with Gasteiger partial charge >= 0.3 is 0 Å². The normalized spacial score (nSPS) is 19.7. The number of hydrogen-bond acceptors (Lipinski definition) is 5. The Labute approximate surface area is 182 Å². The second-order valence-electron chi connectivity index (χ2n) is 7.34. The van der Waals surface area contributed by atoms with Crippen LogP contribution in [0.25, 0.3) is 11.0 Å². The molecule has 0 bridgehead atoms. The lowest BCUT2D eigenvalue weighted by atomic mass is 10.1. The number of morpholine rings is 1. The van der Waals surface area contributed by atoms with Crippen molar-refractivity contribution in [3.8, 4) is 0 Å². The fourth-order valence-corrected chi connectivity index (χ4v) is 4.63. The summed E-state index contributed by atoms with van der Waals surface area (Å²) in [6.45, 7) is 5.49. The molecule has 1 fully saturated rings. The summed E-state index contributed by atoms with van der Waals surface area (Å²) in [6, 6.07) is 5.06. The molecule has 0 aliphatic carbocycles. The van der Waals surface area contributed by atoms with Gasteiger partial charge in [0.15, 0.2) is 10.1 Å². The van der Waals surface area contributed by atoms with Gasteiger partial charge in [-0.25, -0.2) is 9.37 Å². The number of anilines is 1. The topological polar surface area (TPSA) is 58.9 Å². The lowest BCUT2D eigenvalue weighted by molar-refractivity contribution is -0.116. The molecule has 3 heterocycles. The van der Waals surface area contributed by atoms with E-state index < -0.39 is 0 Å². The predicted octanol–water partition coefficient (Wildman–Crippen LogP) is 4.13. The second kappa shape index (κ2) is 8.75. The Balaban J connectivity index is 1.38. The number of hydrogen-bond donors (Lipinski definition) is 1. The Hall–Kier alpha value is -2.42. The van der Waals surface area contributed by atoms with Gasteiger partial charge in [-0.3, -0.25) is 9.20 Å². The molecule has 2 atom stereocenters. The molecule has 0 saturated carbocycles. The zero-order valence-corrected chi connectivity index (χ0v) is 18.2. The van der Waals surface area contributed by atoms with Gasteiger partial charge in [0, 0.05) is 37.3 Å². The van der Waals surface area contributed by atoms with Crippen LogP contribution in [0.2, 0.25) is 5.15 Å². The van der Waals surface area contributed by atoms with E-state index in [4.69, 9.17) is 16.3 Å². The van der Waals surface area contributed by atoms with Crippen LogP contribution in [0.4, 0.5) is 10.1 Å². The van der Waals surface area contributed by atoms with Crippen molar-refractivity contribution in [3.05, 3.63) is 58.1 Å². The molecule has 6 nitrogen and oxygen atoms in total. The number of halogens is 2. The van der Waals surface area contributed by atoms with E-state index in [-0.39, 0.29) is 30.5 Å². The molecule has 2 unspecified atom stereocenters. The molecule has 1 aliphatic heterocycles. The number of fused-ring (bicyclic) bond motifs is 1. The van der Waals surface area contributed by atoms with E-state index >= 15 is 0 Å². The number of benzene rings is 1. The highest BCUT2D eigenvalue weighted by Crippen LogP contribution is 2.25. The van der Waals surface area contributed by atoms with Gasteiger partial charge in [0.05, 0.1) is 23.6 Å². The first-order valence-electron chi connectivity index (χ1n) is 9.66. The average molecular weight is 449 g/mol. The number of nitrogens with zero attached hydrogens (tertiary/aromatic N) is 3. The minimum atomic E-state index is -0.301. The largest absolute Gasteiger partial charge is 0.372 e. The van der Waals surface area contributed by atoms with Crippen LogP contribution in [0.3, 0.4) is 0 Å². The first-order valence-corrected chi connectivity index (χ1v) is 10.9. The maximum Gasteiger partial charge on any atom is 0.244 e. The summed E-state index contributed by atoms with van der Waals surface area (Å²) in [7, 11) is 0. The number of amides is 1. The molecule has 1 N–H and O–H groups in total. The molecule has 1 amide bonds. The Morgan fingerprint density at radius 1 is 1.40 bits per heavy atom. The number of nitrogens with one attached hydrogen (secondary N) is 1. The van der Waals surface area contributed by atoms with E-state index in [1.807, 2.05) is 40.8 Å². The van der Waals surface area contributed by atoms with Gasteiger partial charge in [-0.05, 0) is 37.6 Å². The maximum atomic E-state index is 14.7. The first-order chi connectivity index (χ1) is 14.4. The zero-order chi connectivity index (χ0) is 21.3. The van der Waals surface area contributed by atoms with Crippen LogP contribution in [-0.2, 0) is 16.1 Å². The molecule has 3 aromatic rings. The number of carbonyl (C=O) groups excluding carboxylic acids is 1. The van der Waals surface area contributed by atoms with Crippen molar-refractivity contribution in [3.63, 3.8) is 0 Å². The van der Waals surface area contributed by atoms with Crippen LogP contribution < -0.4 is 10.2 Å². The minimum Gasteiger partial charge on any atom is -0.372 e. The lowest BCUT2D eigenvalue weighted by Gasteiger charge is -2.37. The second-order valence-corrected chi connectivity index (χ2v) is 8.57. The predicted molar refractivity (Wildman–Crippen MR) is 118 cm³/mol. The molecule has 9 heteroatoms. The maximum absolute atomic E-state index is 14.7. The van der Waals surface area contributed by atoms with Gasteiger partial charge in [0.25, 0.3) is 0 Å². The first kappa shape index (κ1) is 20.8. The summed E-state index contributed by atoms with van der Waals surface area (Å²) in [5.74, 6) is -0.596. The van der Waals surface area contributed by atoms with Crippen LogP contribution in [0, 0.1) is 5.82 Å². The molecule has 2 aromatic heterocycles. The Morgan fingerprint density at radius 2 is 2.17 bits per heavy atom. The third-order valence-electron chi connectivity index (χ3n) is 4.89. The molecule has 1 saturated heterocycles. The number of carbonyl (C=O) groups is 1. The lowest BCUT2D eigenvalue weighted by Crippen LogP contribution is -2.45. The van der Waals surface area contributed by atoms with Gasteiger partial charge in [-0.15, -0.1) is 11.3 Å². The highest BCUT2D eigenvalue weighted by Gasteiger charge is 2.24. The molecule has 0 spiro atoms. The monoisotopic (exact) mass is 448 g/mol. The molecule has 1 aliphatic rings. The fourth-order valence-electron chi connectivity index (χ4n) is 3.62. The smallest absolute Gasteiger partial charge is 0.244 e. The molecule has 4 rings (SSSR count). The van der Waals surface area contributed by atoms with Crippen molar-refractivity contribution in [1.82, 2.24) is 14.7 Å². The van der Waals surface area contributed by atoms with E-state index in [2.05, 4.69) is 10.3 Å². The number of imidazole rings is 1. The van der Waals surface area contributed by atoms with Gasteiger partial charge in [-0.2, -0.15) is 0 Å². The number of aromatic nitrogens is 2. The van der Waals surface area contributed by atoms with Gasteiger partial charge in [0.2, 0.25) is 5.91 Å². The highest BCUT2D eigenvalue weighted by atomic mass is 35.5. The molecule has 1 aromatic carbocycles. The Bertz CT molecular complexity index is 1090. The van der Waals surface area contributed by atoms with Gasteiger partial charge in [0.1, 0.15) is 5.82 Å². The van der Waals surface area contributed by atoms with Gasteiger partial charge < -0.3 is 15.0 Å². The third kappa shape index (κ3) is 4.50. The number of ether oxygens (including phenoxy) is 1. The van der Waals surface area contributed by atoms with Crippen molar-refractivity contribution in [2.45, 2.75) is 32.6 Å². The fraction of sp³-hybridized carbons (Fsp3) is 0.333. The van der Waals surface area contributed by atoms with Crippen LogP contribution in [0.15, 0.2) is 35.9 Å². The highest BCUT2D eigenvalue weighted by molar-refractivity contribution is 7.15. The van der Waals surface area contributed by atoms with Crippen molar-refractivity contribution >= 4 is 45.6 Å².